The molecule has 1 amide bonds. The van der Waals surface area contributed by atoms with Gasteiger partial charge >= 0.3 is 5.69 Å². The Hall–Kier alpha value is -2.61. The third-order valence-electron chi connectivity index (χ3n) is 6.48. The van der Waals surface area contributed by atoms with Crippen LogP contribution in [-0.4, -0.2) is 56.9 Å². The highest BCUT2D eigenvalue weighted by Gasteiger charge is 2.45. The van der Waals surface area contributed by atoms with Crippen molar-refractivity contribution in [2.45, 2.75) is 44.4 Å². The molecule has 1 atom stereocenters. The highest BCUT2D eigenvalue weighted by molar-refractivity contribution is 5.94. The van der Waals surface area contributed by atoms with E-state index in [0.717, 1.165) is 19.5 Å². The van der Waals surface area contributed by atoms with Crippen molar-refractivity contribution < 1.29 is 9.53 Å². The Bertz CT molecular complexity index is 973. The smallest absolute Gasteiger partial charge is 0.345 e. The summed E-state index contributed by atoms with van der Waals surface area (Å²) in [6.07, 6.45) is 4.50. The Morgan fingerprint density at radius 3 is 2.59 bits per heavy atom. The highest BCUT2D eigenvalue weighted by atomic mass is 16.5. The van der Waals surface area contributed by atoms with E-state index in [-0.39, 0.29) is 11.6 Å². The molecule has 4 heterocycles. The molecule has 8 heteroatoms. The number of anilines is 1. The summed E-state index contributed by atoms with van der Waals surface area (Å²) in [5, 5.41) is 4.21. The zero-order valence-corrected chi connectivity index (χ0v) is 16.8. The van der Waals surface area contributed by atoms with Gasteiger partial charge in [-0.05, 0) is 49.9 Å². The number of benzene rings is 1. The van der Waals surface area contributed by atoms with Gasteiger partial charge in [0.1, 0.15) is 12.2 Å². The normalized spacial score (nSPS) is 24.2. The average molecular weight is 397 g/mol. The average Bonchev–Trinajstić information content (AvgIpc) is 3.30. The van der Waals surface area contributed by atoms with Gasteiger partial charge in [0.15, 0.2) is 5.82 Å². The number of rotatable bonds is 2. The lowest BCUT2D eigenvalue weighted by molar-refractivity contribution is -0.0816. The summed E-state index contributed by atoms with van der Waals surface area (Å²) in [5.41, 5.74) is 1.28. The minimum absolute atomic E-state index is 0.0278. The number of aryl methyl sites for hydroxylation is 1. The zero-order valence-electron chi connectivity index (χ0n) is 16.8. The van der Waals surface area contributed by atoms with Crippen LogP contribution in [0.15, 0.2) is 29.1 Å². The number of ether oxygens (including phenoxy) is 1. The minimum atomic E-state index is -0.497. The lowest BCUT2D eigenvalue weighted by Crippen LogP contribution is -2.47. The van der Waals surface area contributed by atoms with Crippen molar-refractivity contribution in [3.63, 3.8) is 0 Å². The van der Waals surface area contributed by atoms with Crippen molar-refractivity contribution in [2.24, 2.45) is 7.05 Å². The molecule has 2 fully saturated rings. The number of carbonyl (C=O) groups is 1. The third-order valence-corrected chi connectivity index (χ3v) is 6.48. The molecule has 29 heavy (non-hydrogen) atoms. The Morgan fingerprint density at radius 1 is 1.07 bits per heavy atom. The Kier molecular flexibility index (Phi) is 4.46. The van der Waals surface area contributed by atoms with Crippen LogP contribution < -0.4 is 10.6 Å². The molecule has 0 aliphatic carbocycles. The number of hydrogen-bond donors (Lipinski definition) is 0. The minimum Gasteiger partial charge on any atom is -0.372 e. The van der Waals surface area contributed by atoms with E-state index in [9.17, 15) is 9.59 Å². The van der Waals surface area contributed by atoms with E-state index >= 15 is 0 Å². The number of likely N-dealkylation sites (tertiary alicyclic amines) is 1. The Balaban J connectivity index is 1.28. The molecular formula is C21H27N5O3. The van der Waals surface area contributed by atoms with Gasteiger partial charge in [0.2, 0.25) is 0 Å². The van der Waals surface area contributed by atoms with Gasteiger partial charge in [-0.2, -0.15) is 5.10 Å². The fourth-order valence-electron chi connectivity index (χ4n) is 4.79. The van der Waals surface area contributed by atoms with Crippen LogP contribution in [0.5, 0.6) is 0 Å². The van der Waals surface area contributed by atoms with Gasteiger partial charge < -0.3 is 14.5 Å². The first kappa shape index (κ1) is 18.4. The molecule has 1 aromatic heterocycles. The zero-order chi connectivity index (χ0) is 20.0. The van der Waals surface area contributed by atoms with E-state index in [4.69, 9.17) is 4.74 Å². The quantitative estimate of drug-likeness (QED) is 0.766. The Morgan fingerprint density at radius 2 is 1.83 bits per heavy atom. The van der Waals surface area contributed by atoms with E-state index in [2.05, 4.69) is 22.1 Å². The maximum atomic E-state index is 13.0. The second-order valence-corrected chi connectivity index (χ2v) is 8.45. The maximum absolute atomic E-state index is 13.0. The fourth-order valence-corrected chi connectivity index (χ4v) is 4.79. The first-order valence-electron chi connectivity index (χ1n) is 10.5. The molecule has 5 rings (SSSR count). The first-order valence-corrected chi connectivity index (χ1v) is 10.5. The summed E-state index contributed by atoms with van der Waals surface area (Å²) in [5.74, 6) is 0.682. The molecule has 0 bridgehead atoms. The summed E-state index contributed by atoms with van der Waals surface area (Å²) in [6.45, 7) is 4.08. The van der Waals surface area contributed by atoms with Gasteiger partial charge in [-0.25, -0.2) is 9.48 Å². The van der Waals surface area contributed by atoms with Crippen molar-refractivity contribution in [3.8, 4) is 0 Å². The van der Waals surface area contributed by atoms with Gasteiger partial charge in [0.25, 0.3) is 5.91 Å². The number of carbonyl (C=O) groups excluding carboxylic acids is 1. The number of piperidine rings is 1. The standard InChI is InChI=1S/C21H27N5O3/c1-23-20(28)26-15-21(29-13-18(26)22-23)9-12-25(14-21)19(27)16-5-7-17(8-6-16)24-10-3-2-4-11-24/h5-8H,2-4,9-15H2,1H3. The first-order chi connectivity index (χ1) is 14.0. The van der Waals surface area contributed by atoms with Crippen LogP contribution in [0, 0.1) is 0 Å². The van der Waals surface area contributed by atoms with E-state index < -0.39 is 5.60 Å². The van der Waals surface area contributed by atoms with Gasteiger partial charge in [-0.1, -0.05) is 0 Å². The maximum Gasteiger partial charge on any atom is 0.345 e. The van der Waals surface area contributed by atoms with Crippen LogP contribution in [0.1, 0.15) is 41.9 Å². The van der Waals surface area contributed by atoms with E-state index in [1.54, 1.807) is 11.6 Å². The predicted molar refractivity (Wildman–Crippen MR) is 108 cm³/mol. The van der Waals surface area contributed by atoms with Gasteiger partial charge in [-0.3, -0.25) is 9.36 Å². The molecule has 2 aromatic rings. The molecule has 154 valence electrons. The Labute approximate surface area is 169 Å². The van der Waals surface area contributed by atoms with Crippen LogP contribution in [-0.2, 0) is 24.9 Å². The molecule has 1 aromatic carbocycles. The second kappa shape index (κ2) is 7.02. The van der Waals surface area contributed by atoms with Crippen LogP contribution >= 0.6 is 0 Å². The number of fused-ring (bicyclic) bond motifs is 1. The van der Waals surface area contributed by atoms with Crippen molar-refractivity contribution in [1.82, 2.24) is 19.2 Å². The predicted octanol–water partition coefficient (Wildman–Crippen LogP) is 1.39. The molecule has 0 saturated carbocycles. The van der Waals surface area contributed by atoms with Crippen LogP contribution in [0.2, 0.25) is 0 Å². The number of amides is 1. The number of aromatic nitrogens is 3. The van der Waals surface area contributed by atoms with Crippen molar-refractivity contribution >= 4 is 11.6 Å². The summed E-state index contributed by atoms with van der Waals surface area (Å²) in [4.78, 5) is 29.6. The summed E-state index contributed by atoms with van der Waals surface area (Å²) < 4.78 is 9.13. The third kappa shape index (κ3) is 3.25. The van der Waals surface area contributed by atoms with Crippen LogP contribution in [0.25, 0.3) is 0 Å². The van der Waals surface area contributed by atoms with Crippen molar-refractivity contribution in [2.75, 3.05) is 31.1 Å². The molecule has 0 N–H and O–H groups in total. The SMILES string of the molecule is Cn1nc2n(c1=O)CC1(CCN(C(=O)c3ccc(N4CCCCC4)cc3)C1)OC2. The number of hydrogen-bond acceptors (Lipinski definition) is 5. The van der Waals surface area contributed by atoms with Gasteiger partial charge in [0, 0.05) is 37.9 Å². The van der Waals surface area contributed by atoms with Crippen LogP contribution in [0.3, 0.4) is 0 Å². The number of nitrogens with zero attached hydrogens (tertiary/aromatic N) is 5. The molecule has 3 aliphatic heterocycles. The van der Waals surface area contributed by atoms with E-state index in [0.29, 0.717) is 37.6 Å². The second-order valence-electron chi connectivity index (χ2n) is 8.45. The molecule has 1 spiro atoms. The largest absolute Gasteiger partial charge is 0.372 e. The van der Waals surface area contributed by atoms with Crippen molar-refractivity contribution in [1.29, 1.82) is 0 Å². The monoisotopic (exact) mass is 397 g/mol. The summed E-state index contributed by atoms with van der Waals surface area (Å²) >= 11 is 0. The lowest BCUT2D eigenvalue weighted by Gasteiger charge is -2.33. The van der Waals surface area contributed by atoms with Crippen molar-refractivity contribution in [3.05, 3.63) is 46.1 Å². The molecule has 3 aliphatic rings. The molecular weight excluding hydrogens is 370 g/mol. The van der Waals surface area contributed by atoms with Gasteiger partial charge in [0.05, 0.1) is 13.1 Å². The summed E-state index contributed by atoms with van der Waals surface area (Å²) in [6, 6.07) is 7.98. The summed E-state index contributed by atoms with van der Waals surface area (Å²) in [7, 11) is 1.65. The van der Waals surface area contributed by atoms with E-state index in [1.165, 1.54) is 29.6 Å². The molecule has 0 radical (unpaired) electrons. The molecule has 1 unspecified atom stereocenters. The lowest BCUT2D eigenvalue weighted by atomic mass is 10.0. The van der Waals surface area contributed by atoms with Crippen LogP contribution in [0.4, 0.5) is 5.69 Å². The highest BCUT2D eigenvalue weighted by Crippen LogP contribution is 2.32. The van der Waals surface area contributed by atoms with Gasteiger partial charge in [-0.15, -0.1) is 0 Å². The fraction of sp³-hybridized carbons (Fsp3) is 0.571. The van der Waals surface area contributed by atoms with E-state index in [1.807, 2.05) is 17.0 Å². The molecule has 8 nitrogen and oxygen atoms in total. The molecule has 2 saturated heterocycles. The topological polar surface area (TPSA) is 72.6 Å².